The van der Waals surface area contributed by atoms with E-state index in [9.17, 15) is 91.0 Å². The number of primary sulfonamides is 1. The van der Waals surface area contributed by atoms with Crippen LogP contribution in [0, 0.1) is 0 Å². The molecule has 468 valence electrons. The Morgan fingerprint density at radius 1 is 0.701 bits per heavy atom. The van der Waals surface area contributed by atoms with E-state index >= 15 is 0 Å². The molecule has 0 bridgehead atoms. The number of nitrogens with zero attached hydrogens (tertiary/aromatic N) is 5. The molecule has 4 aromatic carbocycles. The van der Waals surface area contributed by atoms with Gasteiger partial charge in [0.1, 0.15) is 16.3 Å². The third-order valence-corrected chi connectivity index (χ3v) is 21.7. The first-order valence-electron chi connectivity index (χ1n) is 25.6. The predicted molar refractivity (Wildman–Crippen MR) is 317 cm³/mol. The number of carbonyl (C=O) groups excluding carboxylic acids is 1. The Hall–Kier alpha value is -6.36. The number of carbonyl (C=O) groups is 1. The van der Waals surface area contributed by atoms with Crippen LogP contribution in [0.5, 0.6) is 0 Å². The maximum Gasteiger partial charge on any atom is 0.295 e. The Kier molecular flexibility index (Phi) is 18.3. The molecule has 0 atom stereocenters. The molecule has 0 saturated carbocycles. The molecule has 2 aliphatic heterocycles. The number of unbranched alkanes of at least 4 members (excludes halogenated alkanes) is 1. The minimum Gasteiger partial charge on any atom is -0.748 e. The van der Waals surface area contributed by atoms with E-state index in [1.165, 1.54) is 24.3 Å². The first kappa shape index (κ1) is 66.6. The molecule has 0 fully saturated rings. The van der Waals surface area contributed by atoms with Crippen molar-refractivity contribution >= 4 is 137 Å². The number of anilines is 2. The molecule has 0 spiro atoms. The lowest BCUT2D eigenvalue weighted by Gasteiger charge is -2.27. The number of fused-ring (bicyclic) bond motifs is 6. The molecule has 2 aromatic heterocycles. The number of hydrogen-bond acceptors (Lipinski definition) is 21. The number of nitrogens with one attached hydrogen (secondary N) is 1. The number of hydrogen-bond donors (Lipinski definition) is 7. The zero-order valence-electron chi connectivity index (χ0n) is 46.1. The number of sulfonamides is 1. The van der Waals surface area contributed by atoms with Gasteiger partial charge in [-0.2, -0.15) is 46.7 Å². The summed E-state index contributed by atoms with van der Waals surface area (Å²) in [5.41, 5.74) is 0.400. The van der Waals surface area contributed by atoms with Crippen LogP contribution in [-0.2, 0) is 92.8 Å². The van der Waals surface area contributed by atoms with Crippen LogP contribution in [0.4, 0.5) is 16.5 Å². The van der Waals surface area contributed by atoms with E-state index in [-0.39, 0.29) is 81.5 Å². The predicted octanol–water partition coefficient (Wildman–Crippen LogP) is 5.14. The fourth-order valence-electron chi connectivity index (χ4n) is 10.8. The van der Waals surface area contributed by atoms with Crippen molar-refractivity contribution in [1.29, 1.82) is 0 Å². The molecular formula is C51H55N7O21S8. The fourth-order valence-corrected chi connectivity index (χ4v) is 15.8. The molecule has 0 saturated heterocycles. The third kappa shape index (κ3) is 14.9. The lowest BCUT2D eigenvalue weighted by Crippen LogP contribution is -2.28. The minimum absolute atomic E-state index is 0.0103. The Bertz CT molecular complexity index is 4830. The molecule has 2 aliphatic rings. The van der Waals surface area contributed by atoms with Crippen molar-refractivity contribution in [2.45, 2.75) is 101 Å². The number of amides is 1. The van der Waals surface area contributed by atoms with Gasteiger partial charge in [0, 0.05) is 82.2 Å². The van der Waals surface area contributed by atoms with E-state index in [0.29, 0.717) is 71.0 Å². The molecule has 8 rings (SSSR count). The molecular weight excluding hydrogens is 1300 g/mol. The highest BCUT2D eigenvalue weighted by Gasteiger charge is 2.47. The largest absolute Gasteiger partial charge is 0.748 e. The Morgan fingerprint density at radius 3 is 1.83 bits per heavy atom. The molecule has 36 heteroatoms. The molecule has 4 heterocycles. The van der Waals surface area contributed by atoms with Crippen molar-refractivity contribution in [3.8, 4) is 0 Å². The topological polar surface area (TPSA) is 463 Å². The Balaban J connectivity index is 1.28. The summed E-state index contributed by atoms with van der Waals surface area (Å²) in [6, 6.07) is 12.1. The van der Waals surface area contributed by atoms with Crippen LogP contribution in [0.2, 0.25) is 0 Å². The number of aryl methyl sites for hydroxylation is 1. The molecule has 6 aromatic rings. The van der Waals surface area contributed by atoms with E-state index in [1.54, 1.807) is 79.8 Å². The van der Waals surface area contributed by atoms with E-state index in [1.807, 2.05) is 0 Å². The van der Waals surface area contributed by atoms with Crippen LogP contribution in [0.1, 0.15) is 82.2 Å². The number of pyridine rings is 1. The molecule has 0 aliphatic carbocycles. The van der Waals surface area contributed by atoms with Gasteiger partial charge in [-0.3, -0.25) is 32.5 Å². The minimum atomic E-state index is -5.17. The average Bonchev–Trinajstić information content (AvgIpc) is 1.62. The highest BCUT2D eigenvalue weighted by molar-refractivity contribution is 7.91. The summed E-state index contributed by atoms with van der Waals surface area (Å²) in [4.78, 5) is 15.6. The van der Waals surface area contributed by atoms with Crippen LogP contribution in [-0.4, -0.2) is 142 Å². The standard InChI is InChI=1S/C51H55N7O21S8/c1-50(2)43(57(21-7-23-81(60,61)62)39-17-14-34-36(46(39)50)25-32(84(68,69)70)27-41(34)86(74,75)76)19-12-31(38-16-11-30(29-53-38)9-5-6-10-45(59)54-48-55-56-49(80-48)83(52,66)67)13-20-44-51(3,4)47-37-26-33(85(71,72)73)28-42(87(77,78)79)35(37)15-18-40(47)58(44)22-8-24-82(63,64)65/h11-20,25-29H,5-10,21-24H2,1-4H3,(H8-,52,54,55,59,60,61,62,63,64,65,66,67,68,69,70,71,72,73,74,75,76,77,78,79). The first-order chi connectivity index (χ1) is 40.0. The molecule has 0 unspecified atom stereocenters. The van der Waals surface area contributed by atoms with Gasteiger partial charge in [0.2, 0.25) is 21.1 Å². The number of allylic oxidation sites excluding steroid dienone is 6. The van der Waals surface area contributed by atoms with Crippen LogP contribution in [0.25, 0.3) is 27.1 Å². The summed E-state index contributed by atoms with van der Waals surface area (Å²) in [5, 5.41) is 14.1. The molecule has 0 radical (unpaired) electrons. The van der Waals surface area contributed by atoms with Crippen LogP contribution < -0.4 is 15.4 Å². The molecule has 8 N–H and O–H groups in total. The fraction of sp³-hybridized carbons (Fsp3) is 0.314. The zero-order valence-corrected chi connectivity index (χ0v) is 52.6. The number of rotatable bonds is 23. The smallest absolute Gasteiger partial charge is 0.295 e. The summed E-state index contributed by atoms with van der Waals surface area (Å²) >= 11 is 0.579. The first-order valence-corrected chi connectivity index (χ1v) is 36.9. The van der Waals surface area contributed by atoms with Crippen LogP contribution in [0.3, 0.4) is 0 Å². The zero-order chi connectivity index (χ0) is 64.4. The van der Waals surface area contributed by atoms with Gasteiger partial charge >= 0.3 is 0 Å². The second kappa shape index (κ2) is 23.9. The average molecular weight is 1360 g/mol. The van der Waals surface area contributed by atoms with Gasteiger partial charge in [-0.05, 0) is 116 Å². The number of nitrogens with two attached hydrogens (primary N) is 1. The maximum absolute atomic E-state index is 12.8. The van der Waals surface area contributed by atoms with Crippen LogP contribution >= 0.6 is 11.3 Å². The second-order valence-electron chi connectivity index (χ2n) is 21.3. The highest BCUT2D eigenvalue weighted by Crippen LogP contribution is 2.52. The van der Waals surface area contributed by atoms with Gasteiger partial charge in [0.25, 0.3) is 60.6 Å². The van der Waals surface area contributed by atoms with E-state index in [2.05, 4.69) is 15.5 Å². The normalized spacial score (nSPS) is 16.4. The highest BCUT2D eigenvalue weighted by atomic mass is 32.3. The quantitative estimate of drug-likeness (QED) is 0.0144. The van der Waals surface area contributed by atoms with Crippen molar-refractivity contribution in [2.24, 2.45) is 5.14 Å². The Morgan fingerprint density at radius 2 is 1.30 bits per heavy atom. The van der Waals surface area contributed by atoms with Crippen molar-refractivity contribution in [3.05, 3.63) is 119 Å². The van der Waals surface area contributed by atoms with Crippen LogP contribution in [0.15, 0.2) is 121 Å². The summed E-state index contributed by atoms with van der Waals surface area (Å²) in [6.45, 7) is 6.36. The van der Waals surface area contributed by atoms with Crippen molar-refractivity contribution in [2.75, 3.05) is 34.8 Å². The van der Waals surface area contributed by atoms with E-state index in [4.69, 9.17) is 10.1 Å². The number of aromatic nitrogens is 3. The molecule has 28 nitrogen and oxygen atoms in total. The number of benzene rings is 4. The van der Waals surface area contributed by atoms with Crippen molar-refractivity contribution < 1.29 is 95.6 Å². The van der Waals surface area contributed by atoms with Crippen molar-refractivity contribution in [1.82, 2.24) is 15.2 Å². The summed E-state index contributed by atoms with van der Waals surface area (Å²) < 4.78 is 237. The van der Waals surface area contributed by atoms with Gasteiger partial charge < -0.3 is 14.8 Å². The van der Waals surface area contributed by atoms with Gasteiger partial charge in [0.05, 0.1) is 36.8 Å². The lowest BCUT2D eigenvalue weighted by atomic mass is 9.79. The van der Waals surface area contributed by atoms with Gasteiger partial charge in [-0.25, -0.2) is 22.0 Å². The third-order valence-electron chi connectivity index (χ3n) is 14.5. The summed E-state index contributed by atoms with van der Waals surface area (Å²) in [7, 11) is -34.0. The van der Waals surface area contributed by atoms with E-state index in [0.717, 1.165) is 12.1 Å². The lowest BCUT2D eigenvalue weighted by molar-refractivity contribution is -0.437. The summed E-state index contributed by atoms with van der Waals surface area (Å²) in [6.07, 6.45) is 8.68. The summed E-state index contributed by atoms with van der Waals surface area (Å²) in [5.74, 6) is -2.03. The Labute approximate surface area is 504 Å². The van der Waals surface area contributed by atoms with Gasteiger partial charge in [-0.15, -0.1) is 10.2 Å². The monoisotopic (exact) mass is 1360 g/mol. The molecule has 1 amide bonds. The molecule has 87 heavy (non-hydrogen) atoms. The maximum atomic E-state index is 12.8. The van der Waals surface area contributed by atoms with Crippen molar-refractivity contribution in [3.63, 3.8) is 0 Å². The van der Waals surface area contributed by atoms with Gasteiger partial charge in [-0.1, -0.05) is 43.4 Å². The van der Waals surface area contributed by atoms with E-state index < -0.39 is 123 Å². The second-order valence-corrected chi connectivity index (χ2v) is 32.7. The SMILES string of the molecule is CC1(C)C(/C=C/C(=C/C=C2/N(CCCS(=O)(=O)O)c3ccc4c(S(=O)(=O)O)cc(S(=O)(=O)O)cc4c3C2(C)C)c2ccc(CCCCC(=O)Nc3nnc(S(N)(=O)=O)s3)cn2)=[N+](CCCS(=O)(=O)[O-])c2ccc3c(S(=O)(=O)O)cc(S(=O)(=O)O)cc3c21. The van der Waals surface area contributed by atoms with Gasteiger partial charge in [0.15, 0.2) is 5.71 Å².